The summed E-state index contributed by atoms with van der Waals surface area (Å²) in [6.07, 6.45) is 6.18. The standard InChI is InChI=1S/C14H16BrClO/c15-11-7-10-5-6-17-14(10)12(8-11)13(16)9-3-1-2-4-9/h7-9,13H,1-6H2. The van der Waals surface area contributed by atoms with E-state index in [1.807, 2.05) is 0 Å². The van der Waals surface area contributed by atoms with Crippen molar-refractivity contribution < 1.29 is 4.74 Å². The van der Waals surface area contributed by atoms with Crippen LogP contribution in [0.15, 0.2) is 16.6 Å². The molecule has 92 valence electrons. The third-order valence-corrected chi connectivity index (χ3v) is 4.94. The summed E-state index contributed by atoms with van der Waals surface area (Å²) in [5.41, 5.74) is 2.50. The van der Waals surface area contributed by atoms with Crippen LogP contribution in [0.2, 0.25) is 0 Å². The van der Waals surface area contributed by atoms with E-state index in [1.54, 1.807) is 0 Å². The number of halogens is 2. The van der Waals surface area contributed by atoms with Gasteiger partial charge in [-0.1, -0.05) is 28.8 Å². The Morgan fingerprint density at radius 1 is 1.29 bits per heavy atom. The molecule has 1 fully saturated rings. The molecule has 0 amide bonds. The van der Waals surface area contributed by atoms with Crippen LogP contribution in [0.25, 0.3) is 0 Å². The Morgan fingerprint density at radius 3 is 2.82 bits per heavy atom. The molecule has 1 aromatic carbocycles. The predicted molar refractivity (Wildman–Crippen MR) is 73.9 cm³/mol. The fourth-order valence-corrected chi connectivity index (χ4v) is 3.94. The van der Waals surface area contributed by atoms with Gasteiger partial charge in [-0.2, -0.15) is 0 Å². The SMILES string of the molecule is ClC(c1cc(Br)cc2c1OCC2)C1CCCC1. The van der Waals surface area contributed by atoms with E-state index in [1.165, 1.54) is 36.8 Å². The van der Waals surface area contributed by atoms with Crippen molar-refractivity contribution in [3.8, 4) is 5.75 Å². The Bertz CT molecular complexity index is 426. The maximum absolute atomic E-state index is 6.67. The first-order valence-electron chi connectivity index (χ1n) is 6.35. The van der Waals surface area contributed by atoms with E-state index in [0.717, 1.165) is 23.2 Å². The van der Waals surface area contributed by atoms with Crippen LogP contribution in [-0.2, 0) is 6.42 Å². The second-order valence-corrected chi connectivity index (χ2v) is 6.41. The van der Waals surface area contributed by atoms with Gasteiger partial charge in [-0.05, 0) is 36.5 Å². The normalized spacial score (nSPS) is 21.3. The van der Waals surface area contributed by atoms with Crippen LogP contribution in [0.5, 0.6) is 5.75 Å². The number of hydrogen-bond acceptors (Lipinski definition) is 1. The number of hydrogen-bond donors (Lipinski definition) is 0. The minimum Gasteiger partial charge on any atom is -0.493 e. The first kappa shape index (κ1) is 11.9. The molecule has 2 aliphatic rings. The van der Waals surface area contributed by atoms with Gasteiger partial charge in [-0.3, -0.25) is 0 Å². The number of rotatable bonds is 2. The average Bonchev–Trinajstić information content (AvgIpc) is 2.97. The summed E-state index contributed by atoms with van der Waals surface area (Å²) < 4.78 is 6.89. The summed E-state index contributed by atoms with van der Waals surface area (Å²) in [6.45, 7) is 0.799. The van der Waals surface area contributed by atoms with Crippen LogP contribution in [0.3, 0.4) is 0 Å². The molecule has 3 heteroatoms. The molecule has 1 aliphatic carbocycles. The second-order valence-electron chi connectivity index (χ2n) is 5.03. The Hall–Kier alpha value is -0.210. The average molecular weight is 316 g/mol. The Kier molecular flexibility index (Phi) is 3.36. The maximum atomic E-state index is 6.67. The highest BCUT2D eigenvalue weighted by molar-refractivity contribution is 9.10. The van der Waals surface area contributed by atoms with Crippen molar-refractivity contribution in [2.24, 2.45) is 5.92 Å². The lowest BCUT2D eigenvalue weighted by Crippen LogP contribution is -2.05. The largest absolute Gasteiger partial charge is 0.493 e. The van der Waals surface area contributed by atoms with E-state index in [2.05, 4.69) is 28.1 Å². The van der Waals surface area contributed by atoms with E-state index in [-0.39, 0.29) is 5.38 Å². The fraction of sp³-hybridized carbons (Fsp3) is 0.571. The van der Waals surface area contributed by atoms with Gasteiger partial charge in [-0.25, -0.2) is 0 Å². The Labute approximate surface area is 116 Å². The first-order valence-corrected chi connectivity index (χ1v) is 7.58. The molecule has 1 aromatic rings. The highest BCUT2D eigenvalue weighted by Gasteiger charge is 2.29. The zero-order chi connectivity index (χ0) is 11.8. The molecule has 0 aromatic heterocycles. The van der Waals surface area contributed by atoms with Gasteiger partial charge in [0.25, 0.3) is 0 Å². The molecule has 0 bridgehead atoms. The zero-order valence-corrected chi connectivity index (χ0v) is 12.1. The van der Waals surface area contributed by atoms with Crippen molar-refractivity contribution in [3.05, 3.63) is 27.7 Å². The van der Waals surface area contributed by atoms with Crippen molar-refractivity contribution in [2.75, 3.05) is 6.61 Å². The van der Waals surface area contributed by atoms with E-state index in [0.29, 0.717) is 5.92 Å². The quantitative estimate of drug-likeness (QED) is 0.709. The molecule has 1 atom stereocenters. The molecule has 0 N–H and O–H groups in total. The summed E-state index contributed by atoms with van der Waals surface area (Å²) in [7, 11) is 0. The summed E-state index contributed by atoms with van der Waals surface area (Å²) in [5, 5.41) is 0.113. The highest BCUT2D eigenvalue weighted by Crippen LogP contribution is 2.46. The van der Waals surface area contributed by atoms with Crippen LogP contribution < -0.4 is 4.74 Å². The summed E-state index contributed by atoms with van der Waals surface area (Å²) in [4.78, 5) is 0. The Morgan fingerprint density at radius 2 is 2.06 bits per heavy atom. The van der Waals surface area contributed by atoms with Crippen molar-refractivity contribution in [2.45, 2.75) is 37.5 Å². The van der Waals surface area contributed by atoms with E-state index in [9.17, 15) is 0 Å². The Balaban J connectivity index is 1.96. The van der Waals surface area contributed by atoms with Crippen LogP contribution in [0.4, 0.5) is 0 Å². The molecule has 1 aliphatic heterocycles. The van der Waals surface area contributed by atoms with Gasteiger partial charge in [-0.15, -0.1) is 11.6 Å². The molecule has 1 heterocycles. The van der Waals surface area contributed by atoms with Crippen molar-refractivity contribution >= 4 is 27.5 Å². The maximum Gasteiger partial charge on any atom is 0.127 e. The third kappa shape index (κ3) is 2.22. The lowest BCUT2D eigenvalue weighted by Gasteiger charge is -2.19. The molecule has 0 spiro atoms. The van der Waals surface area contributed by atoms with Crippen LogP contribution in [0, 0.1) is 5.92 Å². The summed E-state index contributed by atoms with van der Waals surface area (Å²) in [6, 6.07) is 4.30. The molecule has 17 heavy (non-hydrogen) atoms. The molecule has 0 saturated heterocycles. The van der Waals surface area contributed by atoms with E-state index >= 15 is 0 Å². The van der Waals surface area contributed by atoms with Crippen LogP contribution in [-0.4, -0.2) is 6.61 Å². The monoisotopic (exact) mass is 314 g/mol. The smallest absolute Gasteiger partial charge is 0.127 e. The van der Waals surface area contributed by atoms with Crippen LogP contribution in [0.1, 0.15) is 42.2 Å². The van der Waals surface area contributed by atoms with Gasteiger partial charge >= 0.3 is 0 Å². The molecule has 0 radical (unpaired) electrons. The molecule has 1 saturated carbocycles. The summed E-state index contributed by atoms with van der Waals surface area (Å²) in [5.74, 6) is 1.68. The number of alkyl halides is 1. The minimum atomic E-state index is 0.113. The predicted octanol–water partition coefficient (Wildman–Crippen LogP) is 4.85. The lowest BCUT2D eigenvalue weighted by atomic mass is 9.95. The first-order chi connectivity index (χ1) is 8.25. The molecule has 1 nitrogen and oxygen atoms in total. The molecular formula is C14H16BrClO. The van der Waals surface area contributed by atoms with Gasteiger partial charge in [0, 0.05) is 16.5 Å². The van der Waals surface area contributed by atoms with E-state index in [4.69, 9.17) is 16.3 Å². The third-order valence-electron chi connectivity index (χ3n) is 3.89. The second kappa shape index (κ2) is 4.81. The van der Waals surface area contributed by atoms with Crippen molar-refractivity contribution in [1.29, 1.82) is 0 Å². The lowest BCUT2D eigenvalue weighted by molar-refractivity contribution is 0.350. The number of ether oxygens (including phenoxy) is 1. The van der Waals surface area contributed by atoms with E-state index < -0.39 is 0 Å². The van der Waals surface area contributed by atoms with Crippen molar-refractivity contribution in [1.82, 2.24) is 0 Å². The molecule has 3 rings (SSSR count). The van der Waals surface area contributed by atoms with Gasteiger partial charge in [0.15, 0.2) is 0 Å². The summed E-state index contributed by atoms with van der Waals surface area (Å²) >= 11 is 10.2. The van der Waals surface area contributed by atoms with Gasteiger partial charge in [0.05, 0.1) is 12.0 Å². The zero-order valence-electron chi connectivity index (χ0n) is 9.72. The van der Waals surface area contributed by atoms with Gasteiger partial charge in [0.1, 0.15) is 5.75 Å². The highest BCUT2D eigenvalue weighted by atomic mass is 79.9. The van der Waals surface area contributed by atoms with Crippen LogP contribution >= 0.6 is 27.5 Å². The van der Waals surface area contributed by atoms with Gasteiger partial charge < -0.3 is 4.74 Å². The fourth-order valence-electron chi connectivity index (χ4n) is 3.01. The number of benzene rings is 1. The molecular weight excluding hydrogens is 300 g/mol. The molecule has 1 unspecified atom stereocenters. The number of fused-ring (bicyclic) bond motifs is 1. The minimum absolute atomic E-state index is 0.113. The van der Waals surface area contributed by atoms with Crippen molar-refractivity contribution in [3.63, 3.8) is 0 Å². The topological polar surface area (TPSA) is 9.23 Å². The van der Waals surface area contributed by atoms with Gasteiger partial charge in [0.2, 0.25) is 0 Å².